The molecule has 0 bridgehead atoms. The van der Waals surface area contributed by atoms with Crippen LogP contribution in [0.5, 0.6) is 0 Å². The fraction of sp³-hybridized carbons (Fsp3) is 0.842. The summed E-state index contributed by atoms with van der Waals surface area (Å²) in [6.07, 6.45) is 2.85. The summed E-state index contributed by atoms with van der Waals surface area (Å²) in [5, 5.41) is 0. The minimum absolute atomic E-state index is 0.0490. The van der Waals surface area contributed by atoms with Crippen molar-refractivity contribution in [2.24, 2.45) is 11.8 Å². The number of ether oxygens (including phenoxy) is 1. The lowest BCUT2D eigenvalue weighted by Gasteiger charge is -2.37. The Morgan fingerprint density at radius 1 is 1.14 bits per heavy atom. The Kier molecular flexibility index (Phi) is 8.80. The summed E-state index contributed by atoms with van der Waals surface area (Å²) >= 11 is 0. The molecule has 0 heterocycles. The highest BCUT2D eigenvalue weighted by Gasteiger charge is 2.30. The second-order valence-corrected chi connectivity index (χ2v) is 7.46. The number of hydrogen-bond acceptors (Lipinski definition) is 2. The van der Waals surface area contributed by atoms with E-state index < -0.39 is 5.60 Å². The Morgan fingerprint density at radius 2 is 1.68 bits per heavy atom. The topological polar surface area (TPSA) is 29.5 Å². The highest BCUT2D eigenvalue weighted by atomic mass is 16.6. The molecule has 22 heavy (non-hydrogen) atoms. The summed E-state index contributed by atoms with van der Waals surface area (Å²) in [6.45, 7) is 21.3. The minimum Gasteiger partial charge on any atom is -0.444 e. The molecule has 3 nitrogen and oxygen atoms in total. The van der Waals surface area contributed by atoms with E-state index >= 15 is 0 Å². The first-order chi connectivity index (χ1) is 10.1. The average molecular weight is 312 g/mol. The van der Waals surface area contributed by atoms with Crippen molar-refractivity contribution in [3.05, 3.63) is 12.2 Å². The number of nitrogens with zero attached hydrogens (tertiary/aromatic N) is 1. The third-order valence-corrected chi connectivity index (χ3v) is 4.36. The van der Waals surface area contributed by atoms with Crippen LogP contribution < -0.4 is 0 Å². The smallest absolute Gasteiger partial charge is 0.410 e. The van der Waals surface area contributed by atoms with E-state index in [0.717, 1.165) is 31.4 Å². The van der Waals surface area contributed by atoms with E-state index in [1.807, 2.05) is 32.6 Å². The highest BCUT2D eigenvalue weighted by Crippen LogP contribution is 2.25. The molecule has 0 aliphatic rings. The molecular weight excluding hydrogens is 274 g/mol. The Morgan fingerprint density at radius 3 is 2.00 bits per heavy atom. The Hall–Kier alpha value is -0.990. The Labute approximate surface area is 138 Å². The van der Waals surface area contributed by atoms with Gasteiger partial charge in [-0.15, -0.1) is 0 Å². The van der Waals surface area contributed by atoms with Crippen molar-refractivity contribution in [2.75, 3.05) is 6.54 Å². The summed E-state index contributed by atoms with van der Waals surface area (Å²) in [5.41, 5.74) is 0.549. The fourth-order valence-electron chi connectivity index (χ4n) is 2.78. The van der Waals surface area contributed by atoms with Crippen LogP contribution in [0.1, 0.15) is 74.7 Å². The van der Waals surface area contributed by atoms with Gasteiger partial charge in [0.25, 0.3) is 0 Å². The van der Waals surface area contributed by atoms with E-state index in [1.54, 1.807) is 0 Å². The maximum absolute atomic E-state index is 12.7. The lowest BCUT2D eigenvalue weighted by atomic mass is 9.88. The summed E-state index contributed by atoms with van der Waals surface area (Å²) in [6, 6.07) is 0.0490. The standard InChI is InChI=1S/C19H37NO2/c1-10-15(6)16(11-2)13-20(17(12-3)14(4)5)18(21)22-19(7,8)9/h15-17H,4,10-13H2,1-3,5-9H3/t15?,16-,17-/m0/s1. The molecule has 0 N–H and O–H groups in total. The zero-order valence-electron chi connectivity index (χ0n) is 16.0. The largest absolute Gasteiger partial charge is 0.444 e. The molecule has 0 aliphatic carbocycles. The SMILES string of the molecule is C=C(C)[C@H](CC)N(C[C@H](CC)C(C)CC)C(=O)OC(C)(C)C. The van der Waals surface area contributed by atoms with Crippen molar-refractivity contribution < 1.29 is 9.53 Å². The quantitative estimate of drug-likeness (QED) is 0.542. The van der Waals surface area contributed by atoms with E-state index in [9.17, 15) is 4.79 Å². The lowest BCUT2D eigenvalue weighted by molar-refractivity contribution is 0.0129. The maximum atomic E-state index is 12.7. The fourth-order valence-corrected chi connectivity index (χ4v) is 2.78. The predicted molar refractivity (Wildman–Crippen MR) is 95.1 cm³/mol. The molecule has 0 aromatic heterocycles. The second kappa shape index (κ2) is 9.22. The molecule has 0 spiro atoms. The van der Waals surface area contributed by atoms with Crippen LogP contribution in [0.2, 0.25) is 0 Å². The molecule has 1 amide bonds. The molecule has 3 atom stereocenters. The summed E-state index contributed by atoms with van der Waals surface area (Å²) in [7, 11) is 0. The molecule has 0 saturated heterocycles. The van der Waals surface area contributed by atoms with Crippen LogP contribution in [-0.2, 0) is 4.74 Å². The molecule has 0 rings (SSSR count). The van der Waals surface area contributed by atoms with Crippen molar-refractivity contribution in [2.45, 2.75) is 86.3 Å². The molecule has 0 fully saturated rings. The number of hydrogen-bond donors (Lipinski definition) is 0. The van der Waals surface area contributed by atoms with Crippen LogP contribution in [0.3, 0.4) is 0 Å². The van der Waals surface area contributed by atoms with E-state index in [1.165, 1.54) is 0 Å². The lowest BCUT2D eigenvalue weighted by Crippen LogP contribution is -2.46. The van der Waals surface area contributed by atoms with Gasteiger partial charge in [0.05, 0.1) is 6.04 Å². The Bertz CT molecular complexity index is 357. The third kappa shape index (κ3) is 6.85. The molecule has 3 heteroatoms. The third-order valence-electron chi connectivity index (χ3n) is 4.36. The molecule has 1 unspecified atom stereocenters. The van der Waals surface area contributed by atoms with Gasteiger partial charge in [-0.05, 0) is 46.0 Å². The molecular formula is C19H37NO2. The van der Waals surface area contributed by atoms with Gasteiger partial charge in [-0.1, -0.05) is 52.7 Å². The van der Waals surface area contributed by atoms with Gasteiger partial charge in [0.2, 0.25) is 0 Å². The van der Waals surface area contributed by atoms with Crippen molar-refractivity contribution >= 4 is 6.09 Å². The molecule has 0 aliphatic heterocycles. The van der Waals surface area contributed by atoms with E-state index in [0.29, 0.717) is 11.8 Å². The minimum atomic E-state index is -0.471. The normalized spacial score (nSPS) is 15.8. The van der Waals surface area contributed by atoms with Gasteiger partial charge in [0, 0.05) is 6.54 Å². The second-order valence-electron chi connectivity index (χ2n) is 7.46. The van der Waals surface area contributed by atoms with Gasteiger partial charge < -0.3 is 9.64 Å². The van der Waals surface area contributed by atoms with Gasteiger partial charge in [-0.2, -0.15) is 0 Å². The number of rotatable bonds is 8. The first kappa shape index (κ1) is 21.0. The molecule has 0 aromatic rings. The molecule has 0 radical (unpaired) electrons. The van der Waals surface area contributed by atoms with Crippen LogP contribution in [-0.4, -0.2) is 29.2 Å². The summed E-state index contributed by atoms with van der Waals surface area (Å²) in [4.78, 5) is 14.6. The van der Waals surface area contributed by atoms with Crippen molar-refractivity contribution in [1.82, 2.24) is 4.90 Å². The highest BCUT2D eigenvalue weighted by molar-refractivity contribution is 5.69. The maximum Gasteiger partial charge on any atom is 0.410 e. The predicted octanol–water partition coefficient (Wildman–Crippen LogP) is 5.65. The molecule has 0 saturated carbocycles. The zero-order chi connectivity index (χ0) is 17.5. The first-order valence-corrected chi connectivity index (χ1v) is 8.72. The van der Waals surface area contributed by atoms with Gasteiger partial charge >= 0.3 is 6.09 Å². The summed E-state index contributed by atoms with van der Waals surface area (Å²) < 4.78 is 5.64. The molecule has 130 valence electrons. The van der Waals surface area contributed by atoms with E-state index in [2.05, 4.69) is 34.3 Å². The van der Waals surface area contributed by atoms with Gasteiger partial charge in [-0.25, -0.2) is 4.79 Å². The van der Waals surface area contributed by atoms with Gasteiger partial charge in [-0.3, -0.25) is 0 Å². The van der Waals surface area contributed by atoms with E-state index in [-0.39, 0.29) is 12.1 Å². The molecule has 0 aromatic carbocycles. The summed E-state index contributed by atoms with van der Waals surface area (Å²) in [5.74, 6) is 1.09. The first-order valence-electron chi connectivity index (χ1n) is 8.72. The van der Waals surface area contributed by atoms with Crippen LogP contribution >= 0.6 is 0 Å². The van der Waals surface area contributed by atoms with Crippen LogP contribution in [0, 0.1) is 11.8 Å². The van der Waals surface area contributed by atoms with Crippen LogP contribution in [0.25, 0.3) is 0 Å². The van der Waals surface area contributed by atoms with Crippen LogP contribution in [0.4, 0.5) is 4.79 Å². The van der Waals surface area contributed by atoms with Crippen molar-refractivity contribution in [3.8, 4) is 0 Å². The van der Waals surface area contributed by atoms with Crippen molar-refractivity contribution in [3.63, 3.8) is 0 Å². The van der Waals surface area contributed by atoms with Gasteiger partial charge in [0.1, 0.15) is 5.60 Å². The average Bonchev–Trinajstić information content (AvgIpc) is 2.40. The Balaban J connectivity index is 5.32. The van der Waals surface area contributed by atoms with Crippen LogP contribution in [0.15, 0.2) is 12.2 Å². The van der Waals surface area contributed by atoms with Gasteiger partial charge in [0.15, 0.2) is 0 Å². The zero-order valence-corrected chi connectivity index (χ0v) is 16.0. The number of carbonyl (C=O) groups excluding carboxylic acids is 1. The van der Waals surface area contributed by atoms with E-state index in [4.69, 9.17) is 4.74 Å². The number of carbonyl (C=O) groups is 1. The monoisotopic (exact) mass is 311 g/mol. The number of amides is 1. The van der Waals surface area contributed by atoms with Crippen molar-refractivity contribution in [1.29, 1.82) is 0 Å².